The topological polar surface area (TPSA) is 56.2 Å². The summed E-state index contributed by atoms with van der Waals surface area (Å²) in [5.74, 6) is 0.877. The standard InChI is InChI=1S/C25H31BrClN3O3/c26-22-3-6-24(33-17-20-1-4-23(27)5-2-20)21(15-22)16-28-9-7-25(32,8-10-28)18-29-11-13-30(19-31)14-12-29/h1-6,15,19,32H,7-14,16-18H2. The quantitative estimate of drug-likeness (QED) is 0.521. The molecular formula is C25H31BrClN3O3. The van der Waals surface area contributed by atoms with Gasteiger partial charge in [-0.05, 0) is 48.7 Å². The van der Waals surface area contributed by atoms with E-state index in [1.807, 2.05) is 36.4 Å². The van der Waals surface area contributed by atoms with Gasteiger partial charge in [-0.1, -0.05) is 39.7 Å². The third-order valence-electron chi connectivity index (χ3n) is 6.58. The van der Waals surface area contributed by atoms with E-state index in [1.54, 1.807) is 4.90 Å². The van der Waals surface area contributed by atoms with Crippen LogP contribution in [0.4, 0.5) is 0 Å². The highest BCUT2D eigenvalue weighted by Crippen LogP contribution is 2.29. The summed E-state index contributed by atoms with van der Waals surface area (Å²) in [4.78, 5) is 17.4. The lowest BCUT2D eigenvalue weighted by Crippen LogP contribution is -2.54. The van der Waals surface area contributed by atoms with Crippen molar-refractivity contribution < 1.29 is 14.6 Å². The number of nitrogens with zero attached hydrogens (tertiary/aromatic N) is 3. The average molecular weight is 537 g/mol. The van der Waals surface area contributed by atoms with Crippen LogP contribution in [0, 0.1) is 0 Å². The van der Waals surface area contributed by atoms with Crippen molar-refractivity contribution in [1.82, 2.24) is 14.7 Å². The fourth-order valence-corrected chi connectivity index (χ4v) is 5.06. The Bertz CT molecular complexity index is 927. The van der Waals surface area contributed by atoms with E-state index in [2.05, 4.69) is 31.8 Å². The van der Waals surface area contributed by atoms with Crippen molar-refractivity contribution >= 4 is 33.9 Å². The van der Waals surface area contributed by atoms with Gasteiger partial charge >= 0.3 is 0 Å². The Morgan fingerprint density at radius 3 is 2.36 bits per heavy atom. The largest absolute Gasteiger partial charge is 0.489 e. The maximum absolute atomic E-state index is 11.2. The molecule has 2 saturated heterocycles. The minimum absolute atomic E-state index is 0.489. The first-order chi connectivity index (χ1) is 15.9. The number of piperazine rings is 1. The van der Waals surface area contributed by atoms with Crippen LogP contribution in [0.15, 0.2) is 46.9 Å². The summed E-state index contributed by atoms with van der Waals surface area (Å²) < 4.78 is 7.17. The molecule has 6 nitrogen and oxygen atoms in total. The van der Waals surface area contributed by atoms with Crippen LogP contribution < -0.4 is 4.74 Å². The van der Waals surface area contributed by atoms with Gasteiger partial charge in [-0.15, -0.1) is 0 Å². The van der Waals surface area contributed by atoms with E-state index in [4.69, 9.17) is 16.3 Å². The van der Waals surface area contributed by atoms with Crippen LogP contribution in [0.25, 0.3) is 0 Å². The normalized spacial score (nSPS) is 19.4. The van der Waals surface area contributed by atoms with Crippen LogP contribution >= 0.6 is 27.5 Å². The Morgan fingerprint density at radius 2 is 1.70 bits per heavy atom. The van der Waals surface area contributed by atoms with Gasteiger partial charge in [0.1, 0.15) is 12.4 Å². The second kappa shape index (κ2) is 11.2. The molecule has 2 heterocycles. The first kappa shape index (κ1) is 24.5. The highest BCUT2D eigenvalue weighted by molar-refractivity contribution is 9.10. The summed E-state index contributed by atoms with van der Waals surface area (Å²) in [6.07, 6.45) is 2.41. The van der Waals surface area contributed by atoms with Crippen LogP contribution in [0.5, 0.6) is 5.75 Å². The van der Waals surface area contributed by atoms with Crippen molar-refractivity contribution in [2.45, 2.75) is 31.6 Å². The molecule has 0 aliphatic carbocycles. The van der Waals surface area contributed by atoms with Crippen molar-refractivity contribution in [1.29, 1.82) is 0 Å². The highest BCUT2D eigenvalue weighted by atomic mass is 79.9. The summed E-state index contributed by atoms with van der Waals surface area (Å²) >= 11 is 9.57. The number of ether oxygens (including phenoxy) is 1. The summed E-state index contributed by atoms with van der Waals surface area (Å²) in [5, 5.41) is 11.9. The SMILES string of the molecule is O=CN1CCN(CC2(O)CCN(Cc3cc(Br)ccc3OCc3ccc(Cl)cc3)CC2)CC1. The number of likely N-dealkylation sites (tertiary alicyclic amines) is 1. The molecule has 2 aromatic carbocycles. The predicted molar refractivity (Wildman–Crippen MR) is 133 cm³/mol. The lowest BCUT2D eigenvalue weighted by Gasteiger charge is -2.43. The molecule has 4 rings (SSSR count). The van der Waals surface area contributed by atoms with Crippen molar-refractivity contribution in [2.24, 2.45) is 0 Å². The zero-order chi connectivity index (χ0) is 23.3. The van der Waals surface area contributed by atoms with Gasteiger partial charge in [-0.25, -0.2) is 0 Å². The van der Waals surface area contributed by atoms with Crippen LogP contribution in [0.1, 0.15) is 24.0 Å². The molecule has 0 aromatic heterocycles. The Labute approximate surface area is 209 Å². The Hall–Kier alpha value is -1.64. The summed E-state index contributed by atoms with van der Waals surface area (Å²) in [6.45, 7) is 6.78. The molecular weight excluding hydrogens is 506 g/mol. The van der Waals surface area contributed by atoms with Gasteiger partial charge < -0.3 is 14.7 Å². The Morgan fingerprint density at radius 1 is 1.00 bits per heavy atom. The van der Waals surface area contributed by atoms with Gasteiger partial charge in [0.2, 0.25) is 6.41 Å². The minimum Gasteiger partial charge on any atom is -0.489 e. The molecule has 0 spiro atoms. The molecule has 33 heavy (non-hydrogen) atoms. The van der Waals surface area contributed by atoms with E-state index < -0.39 is 5.60 Å². The monoisotopic (exact) mass is 535 g/mol. The van der Waals surface area contributed by atoms with E-state index >= 15 is 0 Å². The number of carbonyl (C=O) groups is 1. The van der Waals surface area contributed by atoms with Crippen molar-refractivity contribution in [3.05, 3.63) is 63.1 Å². The van der Waals surface area contributed by atoms with Crippen LogP contribution in [0.2, 0.25) is 5.02 Å². The molecule has 1 amide bonds. The van der Waals surface area contributed by atoms with Gasteiger partial charge in [0.15, 0.2) is 0 Å². The predicted octanol–water partition coefficient (Wildman–Crippen LogP) is 3.78. The van der Waals surface area contributed by atoms with Gasteiger partial charge in [-0.2, -0.15) is 0 Å². The third kappa shape index (κ3) is 6.93. The highest BCUT2D eigenvalue weighted by Gasteiger charge is 2.35. The first-order valence-corrected chi connectivity index (χ1v) is 12.6. The number of hydrogen-bond donors (Lipinski definition) is 1. The second-order valence-electron chi connectivity index (χ2n) is 9.09. The summed E-state index contributed by atoms with van der Waals surface area (Å²) in [7, 11) is 0. The van der Waals surface area contributed by atoms with Crippen molar-refractivity contribution in [2.75, 3.05) is 45.8 Å². The van der Waals surface area contributed by atoms with Crippen LogP contribution in [0.3, 0.4) is 0 Å². The van der Waals surface area contributed by atoms with Crippen LogP contribution in [-0.4, -0.2) is 77.6 Å². The third-order valence-corrected chi connectivity index (χ3v) is 7.33. The number of carbonyl (C=O) groups excluding carboxylic acids is 1. The summed E-state index contributed by atoms with van der Waals surface area (Å²) in [5.41, 5.74) is 1.55. The Kier molecular flexibility index (Phi) is 8.30. The number of aliphatic hydroxyl groups is 1. The molecule has 2 aromatic rings. The lowest BCUT2D eigenvalue weighted by molar-refractivity contribution is -0.120. The van der Waals surface area contributed by atoms with Crippen molar-refractivity contribution in [3.63, 3.8) is 0 Å². The number of β-amino-alcohol motifs (C(OH)–C–C–N with tert-alkyl or cyclic N) is 1. The zero-order valence-electron chi connectivity index (χ0n) is 18.8. The number of rotatable bonds is 8. The maximum Gasteiger partial charge on any atom is 0.209 e. The van der Waals surface area contributed by atoms with E-state index in [1.165, 1.54) is 0 Å². The zero-order valence-corrected chi connectivity index (χ0v) is 21.1. The fourth-order valence-electron chi connectivity index (χ4n) is 4.52. The number of amides is 1. The van der Waals surface area contributed by atoms with Crippen molar-refractivity contribution in [3.8, 4) is 5.75 Å². The molecule has 178 valence electrons. The number of halogens is 2. The number of hydrogen-bond acceptors (Lipinski definition) is 5. The van der Waals surface area contributed by atoms with E-state index in [0.29, 0.717) is 13.2 Å². The number of piperidine rings is 1. The molecule has 0 radical (unpaired) electrons. The molecule has 0 saturated carbocycles. The second-order valence-corrected chi connectivity index (χ2v) is 10.4. The molecule has 1 N–H and O–H groups in total. The Balaban J connectivity index is 1.31. The smallest absolute Gasteiger partial charge is 0.209 e. The van der Waals surface area contributed by atoms with E-state index in [0.717, 1.165) is 91.4 Å². The lowest BCUT2D eigenvalue weighted by atomic mass is 9.90. The molecule has 0 bridgehead atoms. The first-order valence-electron chi connectivity index (χ1n) is 11.4. The van der Waals surface area contributed by atoms with E-state index in [-0.39, 0.29) is 0 Å². The molecule has 2 fully saturated rings. The minimum atomic E-state index is -0.662. The molecule has 0 atom stereocenters. The average Bonchev–Trinajstić information content (AvgIpc) is 2.82. The van der Waals surface area contributed by atoms with Gasteiger partial charge in [0.05, 0.1) is 5.60 Å². The molecule has 2 aliphatic rings. The molecule has 0 unspecified atom stereocenters. The van der Waals surface area contributed by atoms with E-state index in [9.17, 15) is 9.90 Å². The van der Waals surface area contributed by atoms with Crippen LogP contribution in [-0.2, 0) is 17.9 Å². The maximum atomic E-state index is 11.2. The number of benzene rings is 2. The molecule has 2 aliphatic heterocycles. The van der Waals surface area contributed by atoms with Gasteiger partial charge in [0, 0.05) is 67.4 Å². The fraction of sp³-hybridized carbons (Fsp3) is 0.480. The van der Waals surface area contributed by atoms with Gasteiger partial charge in [0.25, 0.3) is 0 Å². The van der Waals surface area contributed by atoms with Gasteiger partial charge in [-0.3, -0.25) is 14.6 Å². The summed E-state index contributed by atoms with van der Waals surface area (Å²) in [6, 6.07) is 13.8. The molecule has 8 heteroatoms.